The van der Waals surface area contributed by atoms with E-state index < -0.39 is 0 Å². The van der Waals surface area contributed by atoms with E-state index in [4.69, 9.17) is 0 Å². The van der Waals surface area contributed by atoms with E-state index in [1.807, 2.05) is 0 Å². The zero-order valence-corrected chi connectivity index (χ0v) is 10.3. The lowest BCUT2D eigenvalue weighted by atomic mass is 9.98. The van der Waals surface area contributed by atoms with E-state index in [2.05, 4.69) is 19.2 Å². The molecule has 1 N–H and O–H groups in total. The van der Waals surface area contributed by atoms with Gasteiger partial charge in [0.1, 0.15) is 0 Å². The van der Waals surface area contributed by atoms with E-state index >= 15 is 0 Å². The van der Waals surface area contributed by atoms with E-state index in [0.717, 1.165) is 19.4 Å². The van der Waals surface area contributed by atoms with Gasteiger partial charge >= 0.3 is 0 Å². The van der Waals surface area contributed by atoms with Gasteiger partial charge in [-0.25, -0.2) is 0 Å². The van der Waals surface area contributed by atoms with Crippen LogP contribution in [0.1, 0.15) is 39.5 Å². The van der Waals surface area contributed by atoms with Gasteiger partial charge in [0.2, 0.25) is 11.8 Å². The molecule has 0 aromatic rings. The van der Waals surface area contributed by atoms with Crippen LogP contribution in [0.3, 0.4) is 0 Å². The van der Waals surface area contributed by atoms with Crippen LogP contribution in [0.15, 0.2) is 0 Å². The van der Waals surface area contributed by atoms with Crippen LogP contribution in [0.2, 0.25) is 0 Å². The molecule has 1 aliphatic rings. The summed E-state index contributed by atoms with van der Waals surface area (Å²) >= 11 is 0. The highest BCUT2D eigenvalue weighted by atomic mass is 16.2. The third-order valence-electron chi connectivity index (χ3n) is 3.15. The van der Waals surface area contributed by atoms with E-state index in [1.54, 1.807) is 4.90 Å². The van der Waals surface area contributed by atoms with Crippen molar-refractivity contribution in [3.05, 3.63) is 0 Å². The first-order valence-corrected chi connectivity index (χ1v) is 6.21. The van der Waals surface area contributed by atoms with Crippen molar-refractivity contribution in [3.63, 3.8) is 0 Å². The van der Waals surface area contributed by atoms with Crippen LogP contribution >= 0.6 is 0 Å². The number of piperazine rings is 1. The molecule has 1 rings (SSSR count). The van der Waals surface area contributed by atoms with Crippen LogP contribution in [0.25, 0.3) is 0 Å². The summed E-state index contributed by atoms with van der Waals surface area (Å²) in [7, 11) is 0. The predicted octanol–water partition coefficient (Wildman–Crippen LogP) is 1.16. The van der Waals surface area contributed by atoms with Crippen molar-refractivity contribution in [1.82, 2.24) is 10.2 Å². The molecule has 1 unspecified atom stereocenters. The molecule has 0 spiro atoms. The number of carbonyl (C=O) groups excluding carboxylic acids is 2. The summed E-state index contributed by atoms with van der Waals surface area (Å²) in [5.74, 6) is 0.550. The standard InChI is InChI=1S/C12H22N2O2/c1-3-5-6-10(4-2)8-14-9-11(15)13-7-12(14)16/h10H,3-9H2,1-2H3,(H,13,15). The maximum Gasteiger partial charge on any atom is 0.242 e. The minimum Gasteiger partial charge on any atom is -0.345 e. The number of unbranched alkanes of at least 4 members (excludes halogenated alkanes) is 1. The second-order valence-corrected chi connectivity index (χ2v) is 4.47. The number of rotatable bonds is 6. The van der Waals surface area contributed by atoms with Crippen molar-refractivity contribution in [3.8, 4) is 0 Å². The Kier molecular flexibility index (Phi) is 5.29. The summed E-state index contributed by atoms with van der Waals surface area (Å²) in [6.45, 7) is 5.47. The van der Waals surface area contributed by atoms with Gasteiger partial charge in [0.15, 0.2) is 0 Å². The largest absolute Gasteiger partial charge is 0.345 e. The quantitative estimate of drug-likeness (QED) is 0.739. The third-order valence-corrected chi connectivity index (χ3v) is 3.15. The number of nitrogens with zero attached hydrogens (tertiary/aromatic N) is 1. The Morgan fingerprint density at radius 2 is 2.12 bits per heavy atom. The predicted molar refractivity (Wildman–Crippen MR) is 62.9 cm³/mol. The van der Waals surface area contributed by atoms with E-state index in [9.17, 15) is 9.59 Å². The molecule has 0 aliphatic carbocycles. The summed E-state index contributed by atoms with van der Waals surface area (Å²) in [6.07, 6.45) is 4.61. The maximum absolute atomic E-state index is 11.6. The van der Waals surface area contributed by atoms with E-state index in [1.165, 1.54) is 12.8 Å². The normalized spacial score (nSPS) is 18.5. The zero-order chi connectivity index (χ0) is 12.0. The molecule has 1 aliphatic heterocycles. The fraction of sp³-hybridized carbons (Fsp3) is 0.833. The van der Waals surface area contributed by atoms with Gasteiger partial charge < -0.3 is 10.2 Å². The third kappa shape index (κ3) is 3.83. The van der Waals surface area contributed by atoms with Crippen molar-refractivity contribution >= 4 is 11.8 Å². The number of hydrogen-bond donors (Lipinski definition) is 1. The van der Waals surface area contributed by atoms with Crippen molar-refractivity contribution in [2.75, 3.05) is 19.6 Å². The summed E-state index contributed by atoms with van der Waals surface area (Å²) in [5, 5.41) is 2.57. The fourth-order valence-electron chi connectivity index (χ4n) is 2.00. The van der Waals surface area contributed by atoms with Crippen molar-refractivity contribution in [2.45, 2.75) is 39.5 Å². The molecule has 4 nitrogen and oxygen atoms in total. The summed E-state index contributed by atoms with van der Waals surface area (Å²) in [6, 6.07) is 0. The molecule has 0 radical (unpaired) electrons. The minimum absolute atomic E-state index is 0.0371. The number of nitrogens with one attached hydrogen (secondary N) is 1. The highest BCUT2D eigenvalue weighted by Crippen LogP contribution is 2.14. The first-order chi connectivity index (χ1) is 7.67. The molecule has 0 aromatic carbocycles. The highest BCUT2D eigenvalue weighted by Gasteiger charge is 2.24. The molecular formula is C12H22N2O2. The Hall–Kier alpha value is -1.06. The first kappa shape index (κ1) is 13.0. The Balaban J connectivity index is 2.42. The van der Waals surface area contributed by atoms with Crippen LogP contribution in [0.5, 0.6) is 0 Å². The molecule has 1 saturated heterocycles. The van der Waals surface area contributed by atoms with Gasteiger partial charge in [-0.3, -0.25) is 9.59 Å². The monoisotopic (exact) mass is 226 g/mol. The summed E-state index contributed by atoms with van der Waals surface area (Å²) < 4.78 is 0. The fourth-order valence-corrected chi connectivity index (χ4v) is 2.00. The molecule has 4 heteroatoms. The topological polar surface area (TPSA) is 49.4 Å². The molecule has 16 heavy (non-hydrogen) atoms. The highest BCUT2D eigenvalue weighted by molar-refractivity contribution is 5.92. The van der Waals surface area contributed by atoms with Gasteiger partial charge in [-0.2, -0.15) is 0 Å². The van der Waals surface area contributed by atoms with Gasteiger partial charge in [0.05, 0.1) is 13.1 Å². The molecule has 0 aromatic heterocycles. The van der Waals surface area contributed by atoms with Gasteiger partial charge in [0.25, 0.3) is 0 Å². The lowest BCUT2D eigenvalue weighted by Crippen LogP contribution is -2.52. The molecule has 1 fully saturated rings. The molecule has 2 amide bonds. The smallest absolute Gasteiger partial charge is 0.242 e. The molecular weight excluding hydrogens is 204 g/mol. The van der Waals surface area contributed by atoms with Crippen molar-refractivity contribution < 1.29 is 9.59 Å². The van der Waals surface area contributed by atoms with Crippen LogP contribution in [0, 0.1) is 5.92 Å². The summed E-state index contributed by atoms with van der Waals surface area (Å²) in [5.41, 5.74) is 0. The molecule has 1 atom stereocenters. The van der Waals surface area contributed by atoms with Gasteiger partial charge in [0, 0.05) is 6.54 Å². The van der Waals surface area contributed by atoms with Crippen LogP contribution in [0.4, 0.5) is 0 Å². The molecule has 1 heterocycles. The SMILES string of the molecule is CCCCC(CC)CN1CC(=O)NCC1=O. The van der Waals surface area contributed by atoms with E-state index in [0.29, 0.717) is 5.92 Å². The Labute approximate surface area is 97.4 Å². The van der Waals surface area contributed by atoms with Crippen molar-refractivity contribution in [2.24, 2.45) is 5.92 Å². The lowest BCUT2D eigenvalue weighted by molar-refractivity contribution is -0.141. The maximum atomic E-state index is 11.6. The minimum atomic E-state index is -0.0371. The van der Waals surface area contributed by atoms with Crippen molar-refractivity contribution in [1.29, 1.82) is 0 Å². The number of amides is 2. The van der Waals surface area contributed by atoms with Gasteiger partial charge in [-0.1, -0.05) is 33.1 Å². The molecule has 92 valence electrons. The Bertz CT molecular complexity index is 253. The average Bonchev–Trinajstić information content (AvgIpc) is 2.28. The summed E-state index contributed by atoms with van der Waals surface area (Å²) in [4.78, 5) is 24.5. The first-order valence-electron chi connectivity index (χ1n) is 6.21. The Morgan fingerprint density at radius 1 is 1.38 bits per heavy atom. The second-order valence-electron chi connectivity index (χ2n) is 4.47. The lowest BCUT2D eigenvalue weighted by Gasteiger charge is -2.30. The van der Waals surface area contributed by atoms with Crippen LogP contribution < -0.4 is 5.32 Å². The zero-order valence-electron chi connectivity index (χ0n) is 10.3. The van der Waals surface area contributed by atoms with Crippen LogP contribution in [-0.4, -0.2) is 36.3 Å². The average molecular weight is 226 g/mol. The van der Waals surface area contributed by atoms with Gasteiger partial charge in [-0.15, -0.1) is 0 Å². The second kappa shape index (κ2) is 6.51. The molecule has 0 saturated carbocycles. The number of hydrogen-bond acceptors (Lipinski definition) is 2. The Morgan fingerprint density at radius 3 is 2.75 bits per heavy atom. The number of carbonyl (C=O) groups is 2. The molecule has 0 bridgehead atoms. The van der Waals surface area contributed by atoms with Gasteiger partial charge in [-0.05, 0) is 12.3 Å². The van der Waals surface area contributed by atoms with E-state index in [-0.39, 0.29) is 24.9 Å². The van der Waals surface area contributed by atoms with Crippen LogP contribution in [-0.2, 0) is 9.59 Å².